The third kappa shape index (κ3) is 2.85. The zero-order valence-electron chi connectivity index (χ0n) is 11.4. The summed E-state index contributed by atoms with van der Waals surface area (Å²) in [5.74, 6) is -4.71. The molecule has 0 spiro atoms. The molecule has 0 fully saturated rings. The van der Waals surface area contributed by atoms with Crippen LogP contribution in [0, 0.1) is 23.3 Å². The zero-order chi connectivity index (χ0) is 15.6. The third-order valence-corrected chi connectivity index (χ3v) is 3.17. The second-order valence-corrected chi connectivity index (χ2v) is 4.38. The molecule has 6 heteroatoms. The average Bonchev–Trinajstić information content (AvgIpc) is 2.48. The molecule has 1 atom stereocenters. The minimum absolute atomic E-state index is 0.0411. The Hall–Kier alpha value is -2.08. The first-order chi connectivity index (χ1) is 9.99. The largest absolute Gasteiger partial charge is 0.494 e. The van der Waals surface area contributed by atoms with Crippen LogP contribution in [0.3, 0.4) is 0 Å². The van der Waals surface area contributed by atoms with Gasteiger partial charge in [-0.2, -0.15) is 0 Å². The quantitative estimate of drug-likeness (QED) is 0.688. The van der Waals surface area contributed by atoms with Crippen molar-refractivity contribution in [2.75, 3.05) is 14.2 Å². The Labute approximate surface area is 119 Å². The van der Waals surface area contributed by atoms with Crippen molar-refractivity contribution in [3.05, 3.63) is 64.7 Å². The van der Waals surface area contributed by atoms with Crippen molar-refractivity contribution in [2.45, 2.75) is 6.04 Å². The van der Waals surface area contributed by atoms with Crippen molar-refractivity contribution in [2.24, 2.45) is 0 Å². The zero-order valence-corrected chi connectivity index (χ0v) is 11.4. The van der Waals surface area contributed by atoms with Crippen LogP contribution in [0.5, 0.6) is 5.75 Å². The van der Waals surface area contributed by atoms with E-state index in [2.05, 4.69) is 5.32 Å². The summed E-state index contributed by atoms with van der Waals surface area (Å²) in [4.78, 5) is 0. The fraction of sp³-hybridized carbons (Fsp3) is 0.200. The van der Waals surface area contributed by atoms with E-state index in [4.69, 9.17) is 4.74 Å². The van der Waals surface area contributed by atoms with Gasteiger partial charge in [0.15, 0.2) is 29.0 Å². The van der Waals surface area contributed by atoms with Gasteiger partial charge in [-0.1, -0.05) is 12.1 Å². The molecule has 0 aliphatic heterocycles. The topological polar surface area (TPSA) is 21.3 Å². The molecule has 0 saturated heterocycles. The van der Waals surface area contributed by atoms with E-state index in [1.807, 2.05) is 0 Å². The molecule has 0 aliphatic rings. The molecule has 0 bridgehead atoms. The number of halogens is 4. The van der Waals surface area contributed by atoms with E-state index in [-0.39, 0.29) is 11.3 Å². The molecule has 2 rings (SSSR count). The molecule has 2 nitrogen and oxygen atoms in total. The van der Waals surface area contributed by atoms with Gasteiger partial charge < -0.3 is 10.1 Å². The number of benzene rings is 2. The highest BCUT2D eigenvalue weighted by atomic mass is 19.2. The van der Waals surface area contributed by atoms with E-state index in [1.54, 1.807) is 0 Å². The van der Waals surface area contributed by atoms with E-state index < -0.39 is 29.3 Å². The molecule has 2 aromatic carbocycles. The van der Waals surface area contributed by atoms with Crippen LogP contribution in [-0.4, -0.2) is 14.2 Å². The standard InChI is InChI=1S/C15H13F4NO/c1-20-15(8-3-6-12(21-2)11(17)7-8)9-4-5-10(16)14(19)13(9)18/h3-7,15,20H,1-2H3. The summed E-state index contributed by atoms with van der Waals surface area (Å²) in [6, 6.07) is 5.19. The summed E-state index contributed by atoms with van der Waals surface area (Å²) in [6.07, 6.45) is 0. The van der Waals surface area contributed by atoms with Gasteiger partial charge in [0.05, 0.1) is 13.2 Å². The van der Waals surface area contributed by atoms with Crippen molar-refractivity contribution in [1.29, 1.82) is 0 Å². The Balaban J connectivity index is 2.50. The summed E-state index contributed by atoms with van der Waals surface area (Å²) in [5.41, 5.74) is 0.252. The normalized spacial score (nSPS) is 12.3. The van der Waals surface area contributed by atoms with Crippen LogP contribution in [0.15, 0.2) is 30.3 Å². The smallest absolute Gasteiger partial charge is 0.194 e. The SMILES string of the molecule is CNC(c1ccc(OC)c(F)c1)c1ccc(F)c(F)c1F. The molecule has 1 N–H and O–H groups in total. The Morgan fingerprint density at radius 3 is 2.24 bits per heavy atom. The number of methoxy groups -OCH3 is 1. The van der Waals surface area contributed by atoms with Gasteiger partial charge >= 0.3 is 0 Å². The summed E-state index contributed by atoms with van der Waals surface area (Å²) in [6.45, 7) is 0. The predicted molar refractivity (Wildman–Crippen MR) is 70.2 cm³/mol. The lowest BCUT2D eigenvalue weighted by Crippen LogP contribution is -2.20. The van der Waals surface area contributed by atoms with Gasteiger partial charge in [-0.3, -0.25) is 0 Å². The van der Waals surface area contributed by atoms with Crippen molar-refractivity contribution in [1.82, 2.24) is 5.32 Å². The molecule has 0 radical (unpaired) electrons. The van der Waals surface area contributed by atoms with Crippen LogP contribution in [0.2, 0.25) is 0 Å². The fourth-order valence-electron chi connectivity index (χ4n) is 2.13. The van der Waals surface area contributed by atoms with Crippen molar-refractivity contribution >= 4 is 0 Å². The minimum atomic E-state index is -1.55. The molecule has 112 valence electrons. The van der Waals surface area contributed by atoms with E-state index in [9.17, 15) is 17.6 Å². The first-order valence-electron chi connectivity index (χ1n) is 6.13. The second-order valence-electron chi connectivity index (χ2n) is 4.38. The molecule has 0 aromatic heterocycles. The van der Waals surface area contributed by atoms with E-state index >= 15 is 0 Å². The van der Waals surface area contributed by atoms with Gasteiger partial charge in [0.1, 0.15) is 0 Å². The predicted octanol–water partition coefficient (Wildman–Crippen LogP) is 3.56. The van der Waals surface area contributed by atoms with Gasteiger partial charge in [0.25, 0.3) is 0 Å². The summed E-state index contributed by atoms with van der Waals surface area (Å²) < 4.78 is 58.7. The Morgan fingerprint density at radius 2 is 1.67 bits per heavy atom. The van der Waals surface area contributed by atoms with Crippen molar-refractivity contribution < 1.29 is 22.3 Å². The lowest BCUT2D eigenvalue weighted by molar-refractivity contribution is 0.385. The first-order valence-corrected chi connectivity index (χ1v) is 6.13. The van der Waals surface area contributed by atoms with Crippen LogP contribution in [0.4, 0.5) is 17.6 Å². The highest BCUT2D eigenvalue weighted by molar-refractivity contribution is 5.37. The second kappa shape index (κ2) is 6.13. The van der Waals surface area contributed by atoms with Crippen LogP contribution < -0.4 is 10.1 Å². The summed E-state index contributed by atoms with van der Waals surface area (Å²) in [5, 5.41) is 2.75. The van der Waals surface area contributed by atoms with Gasteiger partial charge in [-0.25, -0.2) is 17.6 Å². The number of nitrogens with one attached hydrogen (secondary N) is 1. The number of hydrogen-bond acceptors (Lipinski definition) is 2. The van der Waals surface area contributed by atoms with Crippen LogP contribution >= 0.6 is 0 Å². The Bertz CT molecular complexity index is 660. The maximum absolute atomic E-state index is 13.9. The highest BCUT2D eigenvalue weighted by Crippen LogP contribution is 2.29. The lowest BCUT2D eigenvalue weighted by Gasteiger charge is -2.19. The molecule has 21 heavy (non-hydrogen) atoms. The third-order valence-electron chi connectivity index (χ3n) is 3.17. The number of rotatable bonds is 4. The minimum Gasteiger partial charge on any atom is -0.494 e. The number of ether oxygens (including phenoxy) is 1. The first kappa shape index (κ1) is 15.3. The van der Waals surface area contributed by atoms with Crippen molar-refractivity contribution in [3.63, 3.8) is 0 Å². The monoisotopic (exact) mass is 299 g/mol. The molecule has 1 unspecified atom stereocenters. The van der Waals surface area contributed by atoms with E-state index in [1.165, 1.54) is 26.3 Å². The summed E-state index contributed by atoms with van der Waals surface area (Å²) >= 11 is 0. The molecule has 0 amide bonds. The molecule has 2 aromatic rings. The fourth-order valence-corrected chi connectivity index (χ4v) is 2.13. The van der Waals surface area contributed by atoms with Crippen LogP contribution in [0.1, 0.15) is 17.2 Å². The van der Waals surface area contributed by atoms with Gasteiger partial charge in [0, 0.05) is 5.56 Å². The molecule has 0 heterocycles. The molecule has 0 aliphatic carbocycles. The highest BCUT2D eigenvalue weighted by Gasteiger charge is 2.22. The van der Waals surface area contributed by atoms with E-state index in [0.29, 0.717) is 5.56 Å². The maximum atomic E-state index is 13.9. The maximum Gasteiger partial charge on any atom is 0.194 e. The van der Waals surface area contributed by atoms with Crippen LogP contribution in [0.25, 0.3) is 0 Å². The molecule has 0 saturated carbocycles. The van der Waals surface area contributed by atoms with Gasteiger partial charge in [0.2, 0.25) is 0 Å². The Kier molecular flexibility index (Phi) is 4.47. The average molecular weight is 299 g/mol. The van der Waals surface area contributed by atoms with Gasteiger partial charge in [-0.15, -0.1) is 0 Å². The summed E-state index contributed by atoms with van der Waals surface area (Å²) in [7, 11) is 2.83. The lowest BCUT2D eigenvalue weighted by atomic mass is 9.97. The molecular weight excluding hydrogens is 286 g/mol. The molecular formula is C15H13F4NO. The van der Waals surface area contributed by atoms with E-state index in [0.717, 1.165) is 18.2 Å². The van der Waals surface area contributed by atoms with Crippen molar-refractivity contribution in [3.8, 4) is 5.75 Å². The van der Waals surface area contributed by atoms with Gasteiger partial charge in [-0.05, 0) is 30.8 Å². The Morgan fingerprint density at radius 1 is 0.952 bits per heavy atom. The number of hydrogen-bond donors (Lipinski definition) is 1. The van der Waals surface area contributed by atoms with Crippen LogP contribution in [-0.2, 0) is 0 Å².